The van der Waals surface area contributed by atoms with E-state index in [1.54, 1.807) is 10.6 Å². The largest absolute Gasteiger partial charge is 0.375 e. The summed E-state index contributed by atoms with van der Waals surface area (Å²) in [6.07, 6.45) is 6.56. The molecule has 1 fully saturated rings. The normalized spacial score (nSPS) is 15.1. The number of hydrogen-bond donors (Lipinski definition) is 2. The molecule has 3 heterocycles. The Morgan fingerprint density at radius 3 is 2.88 bits per heavy atom. The van der Waals surface area contributed by atoms with E-state index in [-0.39, 0.29) is 10.7 Å². The summed E-state index contributed by atoms with van der Waals surface area (Å²) in [5.41, 5.74) is 9.78. The van der Waals surface area contributed by atoms with Gasteiger partial charge in [-0.2, -0.15) is 5.10 Å². The van der Waals surface area contributed by atoms with Gasteiger partial charge in [0.1, 0.15) is 17.0 Å². The molecule has 0 bridgehead atoms. The zero-order valence-corrected chi connectivity index (χ0v) is 14.3. The zero-order chi connectivity index (χ0) is 17.1. The molecule has 0 aliphatic carbocycles. The minimum Gasteiger partial charge on any atom is -0.375 e. The summed E-state index contributed by atoms with van der Waals surface area (Å²) in [5.74, 6) is 0.669. The molecule has 2 aromatic heterocycles. The average molecular weight is 344 g/mol. The highest BCUT2D eigenvalue weighted by molar-refractivity contribution is 7.80. The van der Waals surface area contributed by atoms with Gasteiger partial charge in [0.15, 0.2) is 5.11 Å². The Balaban J connectivity index is 2.17. The summed E-state index contributed by atoms with van der Waals surface area (Å²) in [6.45, 7) is 3.72. The van der Waals surface area contributed by atoms with Crippen molar-refractivity contribution in [2.75, 3.05) is 18.0 Å². The van der Waals surface area contributed by atoms with Crippen molar-refractivity contribution in [2.24, 2.45) is 10.8 Å². The molecule has 3 N–H and O–H groups in total. The van der Waals surface area contributed by atoms with Crippen molar-refractivity contribution in [1.29, 1.82) is 0 Å². The first kappa shape index (κ1) is 16.4. The number of nitrogens with zero attached hydrogens (tertiary/aromatic N) is 4. The first-order valence-electron chi connectivity index (χ1n) is 7.93. The molecule has 0 saturated carbocycles. The molecule has 1 aliphatic rings. The molecule has 24 heavy (non-hydrogen) atoms. The lowest BCUT2D eigenvalue weighted by Crippen LogP contribution is -2.34. The van der Waals surface area contributed by atoms with Gasteiger partial charge in [-0.25, -0.2) is 4.98 Å². The van der Waals surface area contributed by atoms with E-state index in [1.165, 1.54) is 12.6 Å². The highest BCUT2D eigenvalue weighted by atomic mass is 32.1. The molecule has 1 saturated heterocycles. The van der Waals surface area contributed by atoms with Crippen LogP contribution in [0.25, 0.3) is 5.65 Å². The number of rotatable bonds is 3. The van der Waals surface area contributed by atoms with Gasteiger partial charge >= 0.3 is 0 Å². The first-order valence-corrected chi connectivity index (χ1v) is 8.34. The van der Waals surface area contributed by atoms with Crippen molar-refractivity contribution in [3.8, 4) is 0 Å². The minimum absolute atomic E-state index is 0.0514. The fourth-order valence-corrected chi connectivity index (χ4v) is 2.97. The maximum Gasteiger partial charge on any atom is 0.268 e. The van der Waals surface area contributed by atoms with Crippen LogP contribution in [0.1, 0.15) is 30.4 Å². The number of hydrogen-bond acceptors (Lipinski definition) is 5. The van der Waals surface area contributed by atoms with Crippen LogP contribution in [0.4, 0.5) is 5.82 Å². The Labute approximate surface area is 145 Å². The van der Waals surface area contributed by atoms with Gasteiger partial charge < -0.3 is 10.6 Å². The van der Waals surface area contributed by atoms with Crippen LogP contribution in [-0.4, -0.2) is 33.8 Å². The second-order valence-corrected chi connectivity index (χ2v) is 6.26. The molecule has 0 spiro atoms. The molecular weight excluding hydrogens is 324 g/mol. The highest BCUT2D eigenvalue weighted by Gasteiger charge is 2.19. The highest BCUT2D eigenvalue weighted by Crippen LogP contribution is 2.20. The predicted molar refractivity (Wildman–Crippen MR) is 99.8 cm³/mol. The number of thiocarbonyl (C=S) groups is 1. The van der Waals surface area contributed by atoms with E-state index in [1.807, 2.05) is 19.1 Å². The Morgan fingerprint density at radius 2 is 2.17 bits per heavy atom. The van der Waals surface area contributed by atoms with Crippen LogP contribution < -0.4 is 21.6 Å². The molecule has 8 heteroatoms. The maximum atomic E-state index is 12.9. The van der Waals surface area contributed by atoms with Crippen molar-refractivity contribution in [3.63, 3.8) is 0 Å². The Hall–Kier alpha value is -2.48. The summed E-state index contributed by atoms with van der Waals surface area (Å²) in [4.78, 5) is 19.8. The number of nitrogens with one attached hydrogen (secondary N) is 1. The lowest BCUT2D eigenvalue weighted by molar-refractivity contribution is 0.573. The molecule has 0 radical (unpaired) electrons. The molecule has 3 rings (SSSR count). The van der Waals surface area contributed by atoms with E-state index in [0.717, 1.165) is 31.5 Å². The van der Waals surface area contributed by atoms with Gasteiger partial charge in [-0.15, -0.1) is 0 Å². The topological polar surface area (TPSA) is 88.0 Å². The average Bonchev–Trinajstić information content (AvgIpc) is 2.58. The number of aryl methyl sites for hydroxylation is 1. The van der Waals surface area contributed by atoms with Crippen LogP contribution in [0.5, 0.6) is 0 Å². The molecule has 2 aromatic rings. The molecule has 0 atom stereocenters. The third-order valence-electron chi connectivity index (χ3n) is 4.09. The van der Waals surface area contributed by atoms with E-state index in [0.29, 0.717) is 17.0 Å². The lowest BCUT2D eigenvalue weighted by Gasteiger charge is -2.29. The lowest BCUT2D eigenvalue weighted by atomic mass is 10.1. The van der Waals surface area contributed by atoms with Crippen LogP contribution >= 0.6 is 12.2 Å². The van der Waals surface area contributed by atoms with Crippen molar-refractivity contribution in [3.05, 3.63) is 39.8 Å². The molecule has 0 unspecified atom stereocenters. The van der Waals surface area contributed by atoms with Crippen LogP contribution in [0, 0.1) is 6.92 Å². The number of pyridine rings is 1. The minimum atomic E-state index is -0.155. The summed E-state index contributed by atoms with van der Waals surface area (Å²) in [5, 5.41) is 4.02. The number of nitrogens with two attached hydrogens (primary N) is 1. The van der Waals surface area contributed by atoms with Crippen LogP contribution in [0.3, 0.4) is 0 Å². The Kier molecular flexibility index (Phi) is 4.75. The van der Waals surface area contributed by atoms with Crippen molar-refractivity contribution in [1.82, 2.24) is 14.8 Å². The molecule has 7 nitrogen and oxygen atoms in total. The third kappa shape index (κ3) is 3.23. The first-order chi connectivity index (χ1) is 11.6. The fourth-order valence-electron chi connectivity index (χ4n) is 2.92. The smallest absolute Gasteiger partial charge is 0.268 e. The number of fused-ring (bicyclic) bond motifs is 1. The number of anilines is 1. The van der Waals surface area contributed by atoms with Crippen molar-refractivity contribution < 1.29 is 0 Å². The zero-order valence-electron chi connectivity index (χ0n) is 13.5. The number of aromatic nitrogens is 2. The molecule has 0 amide bonds. The van der Waals surface area contributed by atoms with Gasteiger partial charge in [0.25, 0.3) is 5.56 Å². The van der Waals surface area contributed by atoms with Crippen LogP contribution in [-0.2, 0) is 0 Å². The van der Waals surface area contributed by atoms with E-state index in [4.69, 9.17) is 22.9 Å². The third-order valence-corrected chi connectivity index (χ3v) is 4.18. The summed E-state index contributed by atoms with van der Waals surface area (Å²) in [6, 6.07) is 3.78. The van der Waals surface area contributed by atoms with Gasteiger partial charge in [-0.1, -0.05) is 6.07 Å². The van der Waals surface area contributed by atoms with Crippen LogP contribution in [0.15, 0.2) is 28.2 Å². The second-order valence-electron chi connectivity index (χ2n) is 5.82. The molecule has 126 valence electrons. The quantitative estimate of drug-likeness (QED) is 0.493. The van der Waals surface area contributed by atoms with Gasteiger partial charge in [0.2, 0.25) is 0 Å². The Morgan fingerprint density at radius 1 is 1.42 bits per heavy atom. The van der Waals surface area contributed by atoms with Crippen molar-refractivity contribution in [2.45, 2.75) is 26.2 Å². The Bertz CT molecular complexity index is 854. The standard InChI is InChI=1S/C16H20N6OS/c1-11-6-5-9-22-13(11)19-14(21-7-3-2-4-8-21)12(15(22)23)10-18-20-16(17)24/h5-6,9-10H,2-4,7-8H2,1H3,(H3,17,20,24)/b18-10+. The van der Waals surface area contributed by atoms with E-state index in [9.17, 15) is 4.79 Å². The van der Waals surface area contributed by atoms with E-state index < -0.39 is 0 Å². The summed E-state index contributed by atoms with van der Waals surface area (Å²) < 4.78 is 1.55. The fraction of sp³-hybridized carbons (Fsp3) is 0.375. The van der Waals surface area contributed by atoms with Crippen LogP contribution in [0.2, 0.25) is 0 Å². The maximum absolute atomic E-state index is 12.9. The second kappa shape index (κ2) is 6.96. The van der Waals surface area contributed by atoms with Gasteiger partial charge in [-0.3, -0.25) is 14.6 Å². The SMILES string of the molecule is Cc1cccn2c(=O)c(/C=N/NC(N)=S)c(N3CCCCC3)nc12. The summed E-state index contributed by atoms with van der Waals surface area (Å²) >= 11 is 4.74. The predicted octanol–water partition coefficient (Wildman–Crippen LogP) is 1.16. The van der Waals surface area contributed by atoms with Gasteiger partial charge in [-0.05, 0) is 50.0 Å². The van der Waals surface area contributed by atoms with Crippen molar-refractivity contribution >= 4 is 35.0 Å². The molecule has 0 aromatic carbocycles. The molecule has 1 aliphatic heterocycles. The number of piperidine rings is 1. The monoisotopic (exact) mass is 344 g/mol. The summed E-state index contributed by atoms with van der Waals surface area (Å²) in [7, 11) is 0. The molecular formula is C16H20N6OS. The van der Waals surface area contributed by atoms with E-state index in [2.05, 4.69) is 15.4 Å². The van der Waals surface area contributed by atoms with Gasteiger partial charge in [0, 0.05) is 19.3 Å². The van der Waals surface area contributed by atoms with E-state index >= 15 is 0 Å². The van der Waals surface area contributed by atoms with Gasteiger partial charge in [0.05, 0.1) is 6.21 Å². The number of hydrazone groups is 1.